The van der Waals surface area contributed by atoms with Crippen molar-refractivity contribution in [3.8, 4) is 0 Å². The molecule has 63 valence electrons. The quantitative estimate of drug-likeness (QED) is 0.712. The minimum absolute atomic E-state index is 0.0745. The molecule has 3 nitrogen and oxygen atoms in total. The summed E-state index contributed by atoms with van der Waals surface area (Å²) < 4.78 is 4.88. The van der Waals surface area contributed by atoms with Crippen LogP contribution in [0.4, 0.5) is 0 Å². The second-order valence-electron chi connectivity index (χ2n) is 2.31. The van der Waals surface area contributed by atoms with E-state index < -0.39 is 5.91 Å². The van der Waals surface area contributed by atoms with Gasteiger partial charge in [0.2, 0.25) is 5.91 Å². The average molecular weight is 164 g/mol. The highest BCUT2D eigenvalue weighted by Crippen LogP contribution is 2.01. The van der Waals surface area contributed by atoms with Gasteiger partial charge in [-0.25, -0.2) is 0 Å². The summed E-state index contributed by atoms with van der Waals surface area (Å²) >= 11 is 0. The maximum atomic E-state index is 10.3. The predicted octanol–water partition coefficient (Wildman–Crippen LogP) is 0.698. The first-order chi connectivity index (χ1) is 5.79. The Balaban J connectivity index is 2.29. The lowest BCUT2D eigenvalue weighted by atomic mass is 10.2. The normalized spacial score (nSPS) is 9.67. The molecule has 0 aromatic heterocycles. The summed E-state index contributed by atoms with van der Waals surface area (Å²) in [6.07, 6.45) is 0. The molecule has 0 saturated heterocycles. The summed E-state index contributed by atoms with van der Waals surface area (Å²) in [5.41, 5.74) is 5.79. The van der Waals surface area contributed by atoms with Gasteiger partial charge in [0, 0.05) is 0 Å². The van der Waals surface area contributed by atoms with Gasteiger partial charge in [0.05, 0.1) is 0 Å². The summed E-state index contributed by atoms with van der Waals surface area (Å²) in [4.78, 5) is 10.3. The Hall–Kier alpha value is -1.35. The van der Waals surface area contributed by atoms with Crippen molar-refractivity contribution in [2.24, 2.45) is 5.73 Å². The lowest BCUT2D eigenvalue weighted by Crippen LogP contribution is -2.17. The van der Waals surface area contributed by atoms with Crippen molar-refractivity contribution in [1.29, 1.82) is 0 Å². The van der Waals surface area contributed by atoms with Crippen molar-refractivity contribution in [3.63, 3.8) is 0 Å². The minimum Gasteiger partial charge on any atom is -0.368 e. The van der Waals surface area contributed by atoms with E-state index in [4.69, 9.17) is 10.5 Å². The summed E-state index contributed by atoms with van der Waals surface area (Å²) in [5.74, 6) is -0.470. The fraction of sp³-hybridized carbons (Fsp3) is 0.111. The van der Waals surface area contributed by atoms with Gasteiger partial charge in [0.1, 0.15) is 13.2 Å². The number of amides is 1. The number of hydrogen-bond acceptors (Lipinski definition) is 2. The smallest absolute Gasteiger partial charge is 0.243 e. The average Bonchev–Trinajstić information content (AvgIpc) is 2.05. The van der Waals surface area contributed by atoms with Crippen LogP contribution < -0.4 is 5.73 Å². The van der Waals surface area contributed by atoms with E-state index in [1.807, 2.05) is 30.3 Å². The van der Waals surface area contributed by atoms with E-state index in [0.717, 1.165) is 5.56 Å². The van der Waals surface area contributed by atoms with Crippen LogP contribution in [0.5, 0.6) is 0 Å². The summed E-state index contributed by atoms with van der Waals surface area (Å²) in [7, 11) is 0. The largest absolute Gasteiger partial charge is 0.368 e. The van der Waals surface area contributed by atoms with E-state index in [9.17, 15) is 4.79 Å². The Morgan fingerprint density at radius 3 is 2.67 bits per heavy atom. The maximum Gasteiger partial charge on any atom is 0.243 e. The zero-order chi connectivity index (χ0) is 8.81. The standard InChI is InChI=1S/C9H10NO2/c10-9(11)7-12-6-8-4-2-1-3-5-8/h1-6H,7H2,(H2,10,11). The molecule has 3 heteroatoms. The molecule has 0 heterocycles. The van der Waals surface area contributed by atoms with Crippen LogP contribution >= 0.6 is 0 Å². The molecule has 1 amide bonds. The Morgan fingerprint density at radius 1 is 1.42 bits per heavy atom. The van der Waals surface area contributed by atoms with Crippen LogP contribution in [0.3, 0.4) is 0 Å². The first kappa shape index (κ1) is 8.74. The van der Waals surface area contributed by atoms with Gasteiger partial charge in [-0.2, -0.15) is 0 Å². The highest BCUT2D eigenvalue weighted by atomic mass is 16.5. The lowest BCUT2D eigenvalue weighted by molar-refractivity contribution is -0.121. The van der Waals surface area contributed by atoms with Crippen molar-refractivity contribution in [1.82, 2.24) is 0 Å². The maximum absolute atomic E-state index is 10.3. The van der Waals surface area contributed by atoms with Crippen molar-refractivity contribution >= 4 is 5.91 Å². The second-order valence-corrected chi connectivity index (χ2v) is 2.31. The SMILES string of the molecule is NC(=O)CO[CH]c1ccccc1. The number of ether oxygens (including phenoxy) is 1. The highest BCUT2D eigenvalue weighted by molar-refractivity contribution is 5.75. The molecule has 0 aliphatic rings. The highest BCUT2D eigenvalue weighted by Gasteiger charge is 1.95. The molecule has 1 rings (SSSR count). The zero-order valence-electron chi connectivity index (χ0n) is 6.57. The number of hydrogen-bond donors (Lipinski definition) is 1. The predicted molar refractivity (Wildman–Crippen MR) is 45.0 cm³/mol. The summed E-state index contributed by atoms with van der Waals surface area (Å²) in [6, 6.07) is 9.44. The third kappa shape index (κ3) is 3.16. The third-order valence-corrected chi connectivity index (χ3v) is 1.24. The monoisotopic (exact) mass is 164 g/mol. The van der Waals surface area contributed by atoms with Gasteiger partial charge >= 0.3 is 0 Å². The topological polar surface area (TPSA) is 52.3 Å². The molecular formula is C9H10NO2. The van der Waals surface area contributed by atoms with E-state index in [1.165, 1.54) is 6.61 Å². The van der Waals surface area contributed by atoms with Crippen molar-refractivity contribution in [2.75, 3.05) is 6.61 Å². The summed E-state index contributed by atoms with van der Waals surface area (Å²) in [5, 5.41) is 0. The number of carbonyl (C=O) groups excluding carboxylic acids is 1. The molecule has 0 aliphatic carbocycles. The Labute approximate surface area is 71.1 Å². The number of carbonyl (C=O) groups is 1. The molecule has 0 spiro atoms. The van der Waals surface area contributed by atoms with Crippen LogP contribution in [0.25, 0.3) is 0 Å². The van der Waals surface area contributed by atoms with Crippen LogP contribution in [0.1, 0.15) is 5.56 Å². The van der Waals surface area contributed by atoms with Crippen LogP contribution in [-0.4, -0.2) is 12.5 Å². The lowest BCUT2D eigenvalue weighted by Gasteiger charge is -1.99. The molecule has 0 bridgehead atoms. The van der Waals surface area contributed by atoms with Gasteiger partial charge in [0.15, 0.2) is 0 Å². The molecule has 0 unspecified atom stereocenters. The van der Waals surface area contributed by atoms with Gasteiger partial charge in [-0.05, 0) is 5.56 Å². The number of nitrogens with two attached hydrogens (primary N) is 1. The van der Waals surface area contributed by atoms with E-state index >= 15 is 0 Å². The zero-order valence-corrected chi connectivity index (χ0v) is 6.57. The molecule has 0 saturated carbocycles. The van der Waals surface area contributed by atoms with E-state index in [2.05, 4.69) is 0 Å². The first-order valence-electron chi connectivity index (χ1n) is 3.57. The van der Waals surface area contributed by atoms with E-state index in [-0.39, 0.29) is 6.61 Å². The number of benzene rings is 1. The van der Waals surface area contributed by atoms with Gasteiger partial charge in [-0.3, -0.25) is 4.79 Å². The molecule has 12 heavy (non-hydrogen) atoms. The molecule has 0 fully saturated rings. The second kappa shape index (κ2) is 4.51. The Bertz CT molecular complexity index is 246. The fourth-order valence-electron chi connectivity index (χ4n) is 0.752. The fourth-order valence-corrected chi connectivity index (χ4v) is 0.752. The minimum atomic E-state index is -0.470. The van der Waals surface area contributed by atoms with Crippen molar-refractivity contribution in [3.05, 3.63) is 42.5 Å². The van der Waals surface area contributed by atoms with Gasteiger partial charge in [0.25, 0.3) is 0 Å². The molecule has 1 aromatic rings. The van der Waals surface area contributed by atoms with Gasteiger partial charge in [-0.15, -0.1) is 0 Å². The molecular weight excluding hydrogens is 154 g/mol. The number of primary amides is 1. The van der Waals surface area contributed by atoms with Crippen LogP contribution in [0.2, 0.25) is 0 Å². The van der Waals surface area contributed by atoms with Crippen LogP contribution in [-0.2, 0) is 9.53 Å². The molecule has 0 atom stereocenters. The molecule has 1 aromatic carbocycles. The van der Waals surface area contributed by atoms with Crippen molar-refractivity contribution in [2.45, 2.75) is 0 Å². The Morgan fingerprint density at radius 2 is 2.08 bits per heavy atom. The first-order valence-corrected chi connectivity index (χ1v) is 3.57. The third-order valence-electron chi connectivity index (χ3n) is 1.24. The summed E-state index contributed by atoms with van der Waals surface area (Å²) in [6.45, 7) is 1.43. The van der Waals surface area contributed by atoms with Crippen LogP contribution in [0, 0.1) is 6.61 Å². The van der Waals surface area contributed by atoms with E-state index in [0.29, 0.717) is 0 Å². The molecule has 2 N–H and O–H groups in total. The van der Waals surface area contributed by atoms with Crippen LogP contribution in [0.15, 0.2) is 30.3 Å². The van der Waals surface area contributed by atoms with Gasteiger partial charge in [-0.1, -0.05) is 30.3 Å². The Kier molecular flexibility index (Phi) is 3.29. The molecule has 0 aliphatic heterocycles. The van der Waals surface area contributed by atoms with Gasteiger partial charge < -0.3 is 10.5 Å². The van der Waals surface area contributed by atoms with E-state index in [1.54, 1.807) is 0 Å². The molecule has 1 radical (unpaired) electrons. The number of rotatable bonds is 4. The van der Waals surface area contributed by atoms with Crippen molar-refractivity contribution < 1.29 is 9.53 Å².